The Hall–Kier alpha value is -2.34. The van der Waals surface area contributed by atoms with Crippen molar-refractivity contribution in [2.45, 2.75) is 71.1 Å². The average molecular weight is 399 g/mol. The van der Waals surface area contributed by atoms with Crippen LogP contribution in [0.3, 0.4) is 0 Å². The molecule has 3 heterocycles. The molecule has 2 saturated heterocycles. The highest BCUT2D eigenvalue weighted by Gasteiger charge is 2.44. The molecule has 0 saturated carbocycles. The molecule has 1 amide bonds. The molecule has 2 aliphatic rings. The fourth-order valence-electron chi connectivity index (χ4n) is 5.09. The molecule has 0 spiro atoms. The van der Waals surface area contributed by atoms with Gasteiger partial charge >= 0.3 is 5.63 Å². The van der Waals surface area contributed by atoms with Gasteiger partial charge in [-0.3, -0.25) is 4.79 Å². The number of aliphatic hydroxyl groups excluding tert-OH is 1. The molecule has 0 aliphatic carbocycles. The average Bonchev–Trinajstić information content (AvgIpc) is 2.95. The van der Waals surface area contributed by atoms with Crippen LogP contribution in [-0.2, 0) is 11.2 Å². The fourth-order valence-corrected chi connectivity index (χ4v) is 5.09. The van der Waals surface area contributed by atoms with Crippen molar-refractivity contribution in [3.05, 3.63) is 39.7 Å². The van der Waals surface area contributed by atoms with Crippen LogP contribution in [-0.4, -0.2) is 40.7 Å². The lowest BCUT2D eigenvalue weighted by Crippen LogP contribution is -2.51. The minimum atomic E-state index is -0.634. The first-order valence-electron chi connectivity index (χ1n) is 10.6. The maximum Gasteiger partial charge on any atom is 0.336 e. The van der Waals surface area contributed by atoms with E-state index in [2.05, 4.69) is 0 Å². The van der Waals surface area contributed by atoms with Gasteiger partial charge in [-0.25, -0.2) is 4.79 Å². The van der Waals surface area contributed by atoms with Crippen LogP contribution in [0.25, 0.3) is 11.0 Å². The number of rotatable bonds is 5. The van der Waals surface area contributed by atoms with Gasteiger partial charge in [-0.05, 0) is 75.1 Å². The van der Waals surface area contributed by atoms with Crippen LogP contribution in [0, 0.1) is 12.8 Å². The molecule has 4 atom stereocenters. The lowest BCUT2D eigenvalue weighted by atomic mass is 9.91. The Morgan fingerprint density at radius 1 is 1.28 bits per heavy atom. The van der Waals surface area contributed by atoms with Gasteiger partial charge in [-0.1, -0.05) is 6.92 Å². The predicted octanol–water partition coefficient (Wildman–Crippen LogP) is 3.19. The van der Waals surface area contributed by atoms with Crippen LogP contribution in [0.5, 0.6) is 5.75 Å². The molecule has 1 aromatic carbocycles. The third-order valence-corrected chi connectivity index (χ3v) is 6.41. The van der Waals surface area contributed by atoms with Gasteiger partial charge in [0, 0.05) is 24.8 Å². The summed E-state index contributed by atoms with van der Waals surface area (Å²) in [5.41, 5.74) is 1.88. The van der Waals surface area contributed by atoms with Crippen molar-refractivity contribution in [1.82, 2.24) is 4.90 Å². The number of benzene rings is 1. The topological polar surface area (TPSA) is 80.0 Å². The van der Waals surface area contributed by atoms with E-state index in [9.17, 15) is 14.7 Å². The first-order valence-corrected chi connectivity index (χ1v) is 10.6. The molecule has 2 aliphatic heterocycles. The number of nitrogens with zero attached hydrogens (tertiary/aromatic N) is 1. The third kappa shape index (κ3) is 3.66. The third-order valence-electron chi connectivity index (χ3n) is 6.41. The number of aryl methyl sites for hydroxylation is 2. The molecule has 1 N–H and O–H groups in total. The highest BCUT2D eigenvalue weighted by atomic mass is 16.5. The van der Waals surface area contributed by atoms with E-state index in [-0.39, 0.29) is 30.2 Å². The molecule has 6 nitrogen and oxygen atoms in total. The molecular weight excluding hydrogens is 370 g/mol. The number of ether oxygens (including phenoxy) is 1. The van der Waals surface area contributed by atoms with Crippen molar-refractivity contribution in [1.29, 1.82) is 0 Å². The number of aliphatic hydroxyl groups is 1. The van der Waals surface area contributed by atoms with Gasteiger partial charge in [0.25, 0.3) is 5.91 Å². The number of carbonyl (C=O) groups excluding carboxylic acids is 1. The second-order valence-electron chi connectivity index (χ2n) is 8.49. The number of hydrogen-bond acceptors (Lipinski definition) is 5. The Balaban J connectivity index is 1.62. The van der Waals surface area contributed by atoms with Gasteiger partial charge in [0.1, 0.15) is 11.3 Å². The number of hydrogen-bond donors (Lipinski definition) is 1. The van der Waals surface area contributed by atoms with Gasteiger partial charge < -0.3 is 19.2 Å². The van der Waals surface area contributed by atoms with Crippen LogP contribution in [0.4, 0.5) is 0 Å². The number of carbonyl (C=O) groups is 1. The Kier molecular flexibility index (Phi) is 5.38. The monoisotopic (exact) mass is 399 g/mol. The van der Waals surface area contributed by atoms with Crippen LogP contribution < -0.4 is 10.4 Å². The standard InChI is InChI=1S/C23H29NO5/c1-4-16-11-21(26)29-20-8-13(2)7-19(22(16)20)28-14(3)23(27)24-17-5-6-18(24)10-15(9-17)12-25/h7-8,11,14-15,17-18,25H,4-6,9-10,12H2,1-3H3/t14?,15?,17-,18+. The highest BCUT2D eigenvalue weighted by Crippen LogP contribution is 2.39. The Labute approximate surface area is 170 Å². The SMILES string of the molecule is CCc1cc(=O)oc2cc(C)cc(OC(C)C(=O)N3[C@@H]4CC[C@H]3CC(CO)C4)c12. The lowest BCUT2D eigenvalue weighted by molar-refractivity contribution is -0.143. The van der Waals surface area contributed by atoms with Gasteiger partial charge in [0.15, 0.2) is 6.10 Å². The summed E-state index contributed by atoms with van der Waals surface area (Å²) in [7, 11) is 0. The largest absolute Gasteiger partial charge is 0.480 e. The zero-order valence-corrected chi connectivity index (χ0v) is 17.3. The van der Waals surface area contributed by atoms with Gasteiger partial charge in [-0.2, -0.15) is 0 Å². The van der Waals surface area contributed by atoms with E-state index in [1.165, 1.54) is 6.07 Å². The van der Waals surface area contributed by atoms with Crippen molar-refractivity contribution in [2.75, 3.05) is 6.61 Å². The minimum Gasteiger partial charge on any atom is -0.480 e. The van der Waals surface area contributed by atoms with Crippen molar-refractivity contribution in [3.63, 3.8) is 0 Å². The van der Waals surface area contributed by atoms with Crippen molar-refractivity contribution in [2.24, 2.45) is 5.92 Å². The Morgan fingerprint density at radius 3 is 2.59 bits per heavy atom. The van der Waals surface area contributed by atoms with Gasteiger partial charge in [0.2, 0.25) is 0 Å². The molecule has 156 valence electrons. The summed E-state index contributed by atoms with van der Waals surface area (Å²) in [6.45, 7) is 5.88. The summed E-state index contributed by atoms with van der Waals surface area (Å²) in [6, 6.07) is 5.62. The first-order chi connectivity index (χ1) is 13.9. The molecule has 6 heteroatoms. The summed E-state index contributed by atoms with van der Waals surface area (Å²) >= 11 is 0. The molecule has 0 radical (unpaired) electrons. The van der Waals surface area contributed by atoms with E-state index in [0.717, 1.165) is 42.2 Å². The van der Waals surface area contributed by atoms with Gasteiger partial charge in [0.05, 0.1) is 5.39 Å². The Morgan fingerprint density at radius 2 is 1.97 bits per heavy atom. The molecule has 2 fully saturated rings. The fraction of sp³-hybridized carbons (Fsp3) is 0.565. The van der Waals surface area contributed by atoms with E-state index in [1.54, 1.807) is 6.92 Å². The van der Waals surface area contributed by atoms with E-state index >= 15 is 0 Å². The van der Waals surface area contributed by atoms with Gasteiger partial charge in [-0.15, -0.1) is 0 Å². The Bertz CT molecular complexity index is 967. The van der Waals surface area contributed by atoms with E-state index in [0.29, 0.717) is 23.7 Å². The number of piperidine rings is 1. The maximum absolute atomic E-state index is 13.3. The normalized spacial score (nSPS) is 24.7. The second-order valence-corrected chi connectivity index (χ2v) is 8.49. The molecule has 29 heavy (non-hydrogen) atoms. The van der Waals surface area contributed by atoms with Crippen LogP contribution >= 0.6 is 0 Å². The van der Waals surface area contributed by atoms with Crippen LogP contribution in [0.1, 0.15) is 50.7 Å². The van der Waals surface area contributed by atoms with Crippen molar-refractivity contribution >= 4 is 16.9 Å². The van der Waals surface area contributed by atoms with Crippen LogP contribution in [0.15, 0.2) is 27.4 Å². The quantitative estimate of drug-likeness (QED) is 0.781. The highest BCUT2D eigenvalue weighted by molar-refractivity contribution is 5.88. The predicted molar refractivity (Wildman–Crippen MR) is 110 cm³/mol. The maximum atomic E-state index is 13.3. The zero-order valence-electron chi connectivity index (χ0n) is 17.3. The molecule has 2 bridgehead atoms. The minimum absolute atomic E-state index is 0.000946. The van der Waals surface area contributed by atoms with E-state index in [4.69, 9.17) is 9.15 Å². The summed E-state index contributed by atoms with van der Waals surface area (Å²) in [4.78, 5) is 27.1. The summed E-state index contributed by atoms with van der Waals surface area (Å²) in [5, 5.41) is 10.3. The van der Waals surface area contributed by atoms with Crippen molar-refractivity contribution < 1.29 is 19.1 Å². The molecule has 1 aromatic heterocycles. The number of amides is 1. The van der Waals surface area contributed by atoms with Crippen LogP contribution in [0.2, 0.25) is 0 Å². The molecule has 4 rings (SSSR count). The molecular formula is C23H29NO5. The van der Waals surface area contributed by atoms with Crippen molar-refractivity contribution in [3.8, 4) is 5.75 Å². The van der Waals surface area contributed by atoms with E-state index < -0.39 is 6.10 Å². The zero-order chi connectivity index (χ0) is 20.7. The van der Waals surface area contributed by atoms with E-state index in [1.807, 2.05) is 30.9 Å². The first kappa shape index (κ1) is 20.0. The second kappa shape index (κ2) is 7.82. The summed E-state index contributed by atoms with van der Waals surface area (Å²) in [5.74, 6) is 0.876. The number of fused-ring (bicyclic) bond motifs is 3. The molecule has 2 unspecified atom stereocenters. The smallest absolute Gasteiger partial charge is 0.336 e. The summed E-state index contributed by atoms with van der Waals surface area (Å²) in [6.07, 6.45) is 3.76. The summed E-state index contributed by atoms with van der Waals surface area (Å²) < 4.78 is 11.6. The lowest BCUT2D eigenvalue weighted by Gasteiger charge is -2.39. The molecule has 2 aromatic rings.